The first-order valence-electron chi connectivity index (χ1n) is 4.43. The zero-order valence-corrected chi connectivity index (χ0v) is 8.14. The van der Waals surface area contributed by atoms with Crippen LogP contribution < -0.4 is 0 Å². The molecule has 1 rings (SSSR count). The molecule has 0 atom stereocenters. The lowest BCUT2D eigenvalue weighted by molar-refractivity contribution is -0.200. The first kappa shape index (κ1) is 10.9. The van der Waals surface area contributed by atoms with Crippen LogP contribution in [-0.4, -0.2) is 20.0 Å². The van der Waals surface area contributed by atoms with Crippen LogP contribution in [0.5, 0.6) is 0 Å². The summed E-state index contributed by atoms with van der Waals surface area (Å²) in [6.45, 7) is 4.00. The molecule has 68 valence electrons. The molecule has 0 aliphatic heterocycles. The summed E-state index contributed by atoms with van der Waals surface area (Å²) in [4.78, 5) is 0. The van der Waals surface area contributed by atoms with Crippen molar-refractivity contribution in [2.45, 2.75) is 45.3 Å². The second kappa shape index (κ2) is 5.56. The van der Waals surface area contributed by atoms with Crippen LogP contribution in [0.2, 0.25) is 0 Å². The van der Waals surface area contributed by atoms with Crippen molar-refractivity contribution in [1.29, 1.82) is 0 Å². The molecule has 1 aliphatic rings. The summed E-state index contributed by atoms with van der Waals surface area (Å²) < 4.78 is 10.5. The Balaban J connectivity index is 0.000000461. The van der Waals surface area contributed by atoms with Gasteiger partial charge in [0.25, 0.3) is 0 Å². The molecule has 0 radical (unpaired) electrons. The zero-order valence-electron chi connectivity index (χ0n) is 8.14. The Kier molecular flexibility index (Phi) is 5.51. The van der Waals surface area contributed by atoms with E-state index < -0.39 is 0 Å². The Morgan fingerprint density at radius 1 is 0.909 bits per heavy atom. The molecule has 0 N–H and O–H groups in total. The van der Waals surface area contributed by atoms with Crippen LogP contribution in [0.4, 0.5) is 0 Å². The molecular formula is C9H20O2. The van der Waals surface area contributed by atoms with Crippen molar-refractivity contribution >= 4 is 0 Å². The highest BCUT2D eigenvalue weighted by Gasteiger charge is 2.32. The van der Waals surface area contributed by atoms with Crippen molar-refractivity contribution in [3.8, 4) is 0 Å². The third-order valence-electron chi connectivity index (χ3n) is 2.11. The summed E-state index contributed by atoms with van der Waals surface area (Å²) in [7, 11) is 3.43. The topological polar surface area (TPSA) is 18.5 Å². The van der Waals surface area contributed by atoms with Gasteiger partial charge in [-0.1, -0.05) is 13.8 Å². The molecule has 1 saturated carbocycles. The maximum atomic E-state index is 5.23. The van der Waals surface area contributed by atoms with E-state index in [4.69, 9.17) is 9.47 Å². The minimum Gasteiger partial charge on any atom is -0.353 e. The van der Waals surface area contributed by atoms with Crippen molar-refractivity contribution in [2.75, 3.05) is 14.2 Å². The molecule has 0 unspecified atom stereocenters. The van der Waals surface area contributed by atoms with E-state index in [0.717, 1.165) is 12.8 Å². The largest absolute Gasteiger partial charge is 0.353 e. The monoisotopic (exact) mass is 160 g/mol. The van der Waals surface area contributed by atoms with Gasteiger partial charge in [0.15, 0.2) is 5.79 Å². The minimum absolute atomic E-state index is 0.222. The summed E-state index contributed by atoms with van der Waals surface area (Å²) in [5.41, 5.74) is 0. The van der Waals surface area contributed by atoms with Gasteiger partial charge in [-0.2, -0.15) is 0 Å². The summed E-state index contributed by atoms with van der Waals surface area (Å²) in [5.74, 6) is -0.222. The van der Waals surface area contributed by atoms with E-state index in [1.807, 2.05) is 13.8 Å². The second-order valence-electron chi connectivity index (χ2n) is 2.53. The molecule has 1 aliphatic carbocycles. The van der Waals surface area contributed by atoms with Crippen LogP contribution >= 0.6 is 0 Å². The van der Waals surface area contributed by atoms with Gasteiger partial charge in [0.1, 0.15) is 0 Å². The minimum atomic E-state index is -0.222. The van der Waals surface area contributed by atoms with Gasteiger partial charge in [-0.3, -0.25) is 0 Å². The third-order valence-corrected chi connectivity index (χ3v) is 2.11. The molecule has 0 amide bonds. The van der Waals surface area contributed by atoms with Crippen LogP contribution in [0.25, 0.3) is 0 Å². The first-order valence-corrected chi connectivity index (χ1v) is 4.43. The highest BCUT2D eigenvalue weighted by molar-refractivity contribution is 4.75. The fraction of sp³-hybridized carbons (Fsp3) is 1.00. The SMILES string of the molecule is CC.COC1(OC)CCCC1. The predicted octanol–water partition coefficient (Wildman–Crippen LogP) is 2.58. The molecule has 0 bridgehead atoms. The Hall–Kier alpha value is -0.0800. The van der Waals surface area contributed by atoms with Crippen LogP contribution in [-0.2, 0) is 9.47 Å². The van der Waals surface area contributed by atoms with Crippen molar-refractivity contribution in [3.63, 3.8) is 0 Å². The quantitative estimate of drug-likeness (QED) is 0.578. The summed E-state index contributed by atoms with van der Waals surface area (Å²) in [6, 6.07) is 0. The van der Waals surface area contributed by atoms with Crippen LogP contribution in [0, 0.1) is 0 Å². The predicted molar refractivity (Wildman–Crippen MR) is 46.6 cm³/mol. The Bertz CT molecular complexity index is 79.6. The first-order chi connectivity index (χ1) is 5.33. The van der Waals surface area contributed by atoms with Gasteiger partial charge in [0, 0.05) is 27.1 Å². The van der Waals surface area contributed by atoms with E-state index in [-0.39, 0.29) is 5.79 Å². The molecule has 1 fully saturated rings. The molecular weight excluding hydrogens is 140 g/mol. The lowest BCUT2D eigenvalue weighted by Gasteiger charge is -2.24. The van der Waals surface area contributed by atoms with Crippen molar-refractivity contribution < 1.29 is 9.47 Å². The van der Waals surface area contributed by atoms with Crippen molar-refractivity contribution in [2.24, 2.45) is 0 Å². The van der Waals surface area contributed by atoms with Crippen molar-refractivity contribution in [3.05, 3.63) is 0 Å². The normalized spacial score (nSPS) is 20.7. The van der Waals surface area contributed by atoms with E-state index >= 15 is 0 Å². The number of hydrogen-bond acceptors (Lipinski definition) is 2. The van der Waals surface area contributed by atoms with Gasteiger partial charge < -0.3 is 9.47 Å². The average Bonchev–Trinajstić information content (AvgIpc) is 2.57. The highest BCUT2D eigenvalue weighted by atomic mass is 16.7. The van der Waals surface area contributed by atoms with E-state index in [1.165, 1.54) is 12.8 Å². The van der Waals surface area contributed by atoms with Crippen LogP contribution in [0.3, 0.4) is 0 Å². The smallest absolute Gasteiger partial charge is 0.167 e. The molecule has 0 aromatic rings. The molecule has 11 heavy (non-hydrogen) atoms. The molecule has 0 heterocycles. The lowest BCUT2D eigenvalue weighted by Crippen LogP contribution is -2.29. The summed E-state index contributed by atoms with van der Waals surface area (Å²) in [5, 5.41) is 0. The van der Waals surface area contributed by atoms with E-state index in [1.54, 1.807) is 14.2 Å². The molecule has 2 heteroatoms. The Morgan fingerprint density at radius 3 is 1.45 bits per heavy atom. The summed E-state index contributed by atoms with van der Waals surface area (Å²) >= 11 is 0. The van der Waals surface area contributed by atoms with Gasteiger partial charge in [0.05, 0.1) is 0 Å². The van der Waals surface area contributed by atoms with Crippen molar-refractivity contribution in [1.82, 2.24) is 0 Å². The standard InChI is InChI=1S/C7H14O2.C2H6/c1-8-7(9-2)5-3-4-6-7;1-2/h3-6H2,1-2H3;1-2H3. The zero-order chi connectivity index (χ0) is 8.74. The molecule has 2 nitrogen and oxygen atoms in total. The van der Waals surface area contributed by atoms with E-state index in [0.29, 0.717) is 0 Å². The average molecular weight is 160 g/mol. The Morgan fingerprint density at radius 2 is 1.27 bits per heavy atom. The highest BCUT2D eigenvalue weighted by Crippen LogP contribution is 2.32. The van der Waals surface area contributed by atoms with Gasteiger partial charge in [0.2, 0.25) is 0 Å². The molecule has 0 spiro atoms. The number of methoxy groups -OCH3 is 2. The van der Waals surface area contributed by atoms with E-state index in [2.05, 4.69) is 0 Å². The van der Waals surface area contributed by atoms with E-state index in [9.17, 15) is 0 Å². The molecule has 0 aromatic heterocycles. The molecule has 0 aromatic carbocycles. The maximum absolute atomic E-state index is 5.23. The molecule has 0 saturated heterocycles. The fourth-order valence-electron chi connectivity index (χ4n) is 1.41. The summed E-state index contributed by atoms with van der Waals surface area (Å²) in [6.07, 6.45) is 4.59. The number of ether oxygens (including phenoxy) is 2. The third kappa shape index (κ3) is 2.80. The lowest BCUT2D eigenvalue weighted by atomic mass is 10.2. The fourth-order valence-corrected chi connectivity index (χ4v) is 1.41. The second-order valence-corrected chi connectivity index (χ2v) is 2.53. The van der Waals surface area contributed by atoms with Crippen LogP contribution in [0.15, 0.2) is 0 Å². The Labute approximate surface area is 69.9 Å². The number of hydrogen-bond donors (Lipinski definition) is 0. The van der Waals surface area contributed by atoms with Crippen LogP contribution in [0.1, 0.15) is 39.5 Å². The van der Waals surface area contributed by atoms with Gasteiger partial charge in [-0.05, 0) is 12.8 Å². The van der Waals surface area contributed by atoms with Gasteiger partial charge in [-0.15, -0.1) is 0 Å². The number of rotatable bonds is 2. The van der Waals surface area contributed by atoms with Gasteiger partial charge >= 0.3 is 0 Å². The van der Waals surface area contributed by atoms with Gasteiger partial charge in [-0.25, -0.2) is 0 Å². The maximum Gasteiger partial charge on any atom is 0.167 e.